The molecule has 5 rings (SSSR count). The molecular formula is C22H27ClN4O3. The normalized spacial score (nSPS) is 24.9. The third-order valence-electron chi connectivity index (χ3n) is 6.95. The largest absolute Gasteiger partial charge is 0.491 e. The Balaban J connectivity index is 1.39. The summed E-state index contributed by atoms with van der Waals surface area (Å²) in [5.74, 6) is 1.46. The zero-order chi connectivity index (χ0) is 20.9. The number of fused-ring (bicyclic) bond motifs is 1. The number of nitrogens with zero attached hydrogens (tertiary/aromatic N) is 3. The van der Waals surface area contributed by atoms with Crippen LogP contribution in [0.15, 0.2) is 18.3 Å². The van der Waals surface area contributed by atoms with Gasteiger partial charge in [0, 0.05) is 36.5 Å². The van der Waals surface area contributed by atoms with Gasteiger partial charge in [0.15, 0.2) is 5.82 Å². The van der Waals surface area contributed by atoms with E-state index in [2.05, 4.69) is 16.8 Å². The van der Waals surface area contributed by atoms with E-state index in [4.69, 9.17) is 31.8 Å². The molecule has 3 N–H and O–H groups in total. The van der Waals surface area contributed by atoms with Gasteiger partial charge in [-0.3, -0.25) is 0 Å². The SMILES string of the molecule is C[C@@H]1OCC2(CCN(c3ncc(-c4ccc5c(c4Cl)OCC5)nc3CO)CC2)[C@@H]1N. The first-order valence-corrected chi connectivity index (χ1v) is 10.9. The zero-order valence-corrected chi connectivity index (χ0v) is 17.9. The molecule has 3 aliphatic rings. The summed E-state index contributed by atoms with van der Waals surface area (Å²) in [7, 11) is 0. The van der Waals surface area contributed by atoms with Gasteiger partial charge in [-0.25, -0.2) is 9.97 Å². The topological polar surface area (TPSA) is 93.7 Å². The third-order valence-corrected chi connectivity index (χ3v) is 7.33. The third kappa shape index (κ3) is 3.15. The Labute approximate surface area is 181 Å². The smallest absolute Gasteiger partial charge is 0.152 e. The van der Waals surface area contributed by atoms with Gasteiger partial charge in [0.05, 0.1) is 42.8 Å². The van der Waals surface area contributed by atoms with Crippen molar-refractivity contribution < 1.29 is 14.6 Å². The fourth-order valence-corrected chi connectivity index (χ4v) is 5.30. The van der Waals surface area contributed by atoms with Crippen LogP contribution in [0.25, 0.3) is 11.3 Å². The number of piperidine rings is 1. The molecule has 2 aromatic rings. The van der Waals surface area contributed by atoms with Crippen molar-refractivity contribution in [3.05, 3.63) is 34.6 Å². The highest BCUT2D eigenvalue weighted by Crippen LogP contribution is 2.43. The molecule has 1 aromatic heterocycles. The maximum atomic E-state index is 10.00. The molecule has 2 fully saturated rings. The second-order valence-electron chi connectivity index (χ2n) is 8.59. The molecule has 2 atom stereocenters. The Morgan fingerprint density at radius 1 is 1.33 bits per heavy atom. The van der Waals surface area contributed by atoms with Crippen LogP contribution in [-0.4, -0.2) is 53.5 Å². The van der Waals surface area contributed by atoms with Crippen LogP contribution in [0.2, 0.25) is 5.02 Å². The Morgan fingerprint density at radius 3 is 2.83 bits per heavy atom. The first-order chi connectivity index (χ1) is 14.5. The lowest BCUT2D eigenvalue weighted by atomic mass is 9.73. The molecule has 7 nitrogen and oxygen atoms in total. The first kappa shape index (κ1) is 20.0. The standard InChI is InChI=1S/C22H27ClN4O3/c1-13-20(24)22(12-30-13)5-7-27(8-6-22)21-17(11-28)26-16(10-25-21)15-3-2-14-4-9-29-19(14)18(15)23/h2-3,10,13,20,28H,4-9,11-12,24H2,1H3/t13-,20+/m0/s1. The van der Waals surface area contributed by atoms with Crippen molar-refractivity contribution >= 4 is 17.4 Å². The van der Waals surface area contributed by atoms with Crippen molar-refractivity contribution in [3.63, 3.8) is 0 Å². The maximum Gasteiger partial charge on any atom is 0.152 e. The molecule has 0 radical (unpaired) electrons. The van der Waals surface area contributed by atoms with Gasteiger partial charge in [0.25, 0.3) is 0 Å². The van der Waals surface area contributed by atoms with E-state index in [0.29, 0.717) is 23.0 Å². The summed E-state index contributed by atoms with van der Waals surface area (Å²) in [6.07, 6.45) is 4.59. The Kier molecular flexibility index (Phi) is 5.09. The lowest BCUT2D eigenvalue weighted by Gasteiger charge is -2.41. The van der Waals surface area contributed by atoms with Crippen LogP contribution in [0.5, 0.6) is 5.75 Å². The summed E-state index contributed by atoms with van der Waals surface area (Å²) in [5, 5.41) is 10.6. The minimum absolute atomic E-state index is 0.0423. The van der Waals surface area contributed by atoms with Crippen LogP contribution in [0.3, 0.4) is 0 Å². The van der Waals surface area contributed by atoms with Gasteiger partial charge >= 0.3 is 0 Å². The number of aromatic nitrogens is 2. The molecule has 0 unspecified atom stereocenters. The van der Waals surface area contributed by atoms with Crippen molar-refractivity contribution in [1.29, 1.82) is 0 Å². The van der Waals surface area contributed by atoms with Crippen LogP contribution < -0.4 is 15.4 Å². The second-order valence-corrected chi connectivity index (χ2v) is 8.97. The average molecular weight is 431 g/mol. The van der Waals surface area contributed by atoms with E-state index in [9.17, 15) is 5.11 Å². The molecule has 0 aliphatic carbocycles. The number of aliphatic hydroxyl groups is 1. The van der Waals surface area contributed by atoms with Crippen LogP contribution >= 0.6 is 11.6 Å². The number of ether oxygens (including phenoxy) is 2. The number of benzene rings is 1. The molecule has 0 saturated carbocycles. The molecule has 160 valence electrons. The van der Waals surface area contributed by atoms with E-state index in [-0.39, 0.29) is 24.2 Å². The van der Waals surface area contributed by atoms with E-state index in [1.54, 1.807) is 6.20 Å². The number of anilines is 1. The van der Waals surface area contributed by atoms with Crippen molar-refractivity contribution in [3.8, 4) is 17.0 Å². The highest BCUT2D eigenvalue weighted by atomic mass is 35.5. The van der Waals surface area contributed by atoms with Gasteiger partial charge in [-0.1, -0.05) is 23.7 Å². The van der Waals surface area contributed by atoms with Crippen molar-refractivity contribution in [2.75, 3.05) is 31.2 Å². The number of rotatable bonds is 3. The molecule has 8 heteroatoms. The summed E-state index contributed by atoms with van der Waals surface area (Å²) in [6, 6.07) is 4.04. The van der Waals surface area contributed by atoms with Crippen LogP contribution in [0.4, 0.5) is 5.82 Å². The number of halogens is 1. The minimum atomic E-state index is -0.184. The quantitative estimate of drug-likeness (QED) is 0.772. The predicted octanol–water partition coefficient (Wildman–Crippen LogP) is 2.56. The number of nitrogens with two attached hydrogens (primary N) is 1. The van der Waals surface area contributed by atoms with E-state index in [0.717, 1.165) is 61.7 Å². The summed E-state index contributed by atoms with van der Waals surface area (Å²) in [5.41, 5.74) is 9.55. The van der Waals surface area contributed by atoms with E-state index in [1.807, 2.05) is 12.1 Å². The lowest BCUT2D eigenvalue weighted by Crippen LogP contribution is -2.51. The number of hydrogen-bond acceptors (Lipinski definition) is 7. The minimum Gasteiger partial charge on any atom is -0.491 e. The van der Waals surface area contributed by atoms with Gasteiger partial charge in [-0.05, 0) is 25.3 Å². The molecule has 1 aromatic carbocycles. The van der Waals surface area contributed by atoms with E-state index < -0.39 is 0 Å². The van der Waals surface area contributed by atoms with E-state index >= 15 is 0 Å². The first-order valence-electron chi connectivity index (χ1n) is 10.6. The van der Waals surface area contributed by atoms with Crippen LogP contribution in [0.1, 0.15) is 31.0 Å². The second kappa shape index (κ2) is 7.64. The molecule has 30 heavy (non-hydrogen) atoms. The fourth-order valence-electron chi connectivity index (χ4n) is 4.97. The van der Waals surface area contributed by atoms with Gasteiger partial charge in [0.2, 0.25) is 0 Å². The number of hydrogen-bond donors (Lipinski definition) is 2. The van der Waals surface area contributed by atoms with Crippen LogP contribution in [-0.2, 0) is 17.8 Å². The molecule has 4 heterocycles. The van der Waals surface area contributed by atoms with Crippen LogP contribution in [0, 0.1) is 5.41 Å². The molecule has 0 amide bonds. The molecule has 0 bridgehead atoms. The van der Waals surface area contributed by atoms with Crippen molar-refractivity contribution in [2.45, 2.75) is 44.9 Å². The Bertz CT molecular complexity index is 962. The monoisotopic (exact) mass is 430 g/mol. The van der Waals surface area contributed by atoms with Gasteiger partial charge in [-0.15, -0.1) is 0 Å². The predicted molar refractivity (Wildman–Crippen MR) is 115 cm³/mol. The highest BCUT2D eigenvalue weighted by Gasteiger charge is 2.47. The van der Waals surface area contributed by atoms with E-state index in [1.165, 1.54) is 0 Å². The average Bonchev–Trinajstić information content (AvgIpc) is 3.36. The Morgan fingerprint density at radius 2 is 2.13 bits per heavy atom. The summed E-state index contributed by atoms with van der Waals surface area (Å²) in [6.45, 7) is 4.87. The highest BCUT2D eigenvalue weighted by molar-refractivity contribution is 6.35. The fraction of sp³-hybridized carbons (Fsp3) is 0.545. The summed E-state index contributed by atoms with van der Waals surface area (Å²) < 4.78 is 11.5. The lowest BCUT2D eigenvalue weighted by molar-refractivity contribution is 0.0973. The van der Waals surface area contributed by atoms with Gasteiger partial charge in [0.1, 0.15) is 11.4 Å². The summed E-state index contributed by atoms with van der Waals surface area (Å²) >= 11 is 6.58. The maximum absolute atomic E-state index is 10.00. The molecule has 1 spiro atoms. The Hall–Kier alpha value is -1.93. The van der Waals surface area contributed by atoms with Crippen molar-refractivity contribution in [1.82, 2.24) is 9.97 Å². The van der Waals surface area contributed by atoms with Crippen molar-refractivity contribution in [2.24, 2.45) is 11.1 Å². The molecular weight excluding hydrogens is 404 g/mol. The van der Waals surface area contributed by atoms with Gasteiger partial charge in [-0.2, -0.15) is 0 Å². The van der Waals surface area contributed by atoms with Gasteiger partial charge < -0.3 is 25.2 Å². The molecule has 3 aliphatic heterocycles. The number of aliphatic hydroxyl groups excluding tert-OH is 1. The summed E-state index contributed by atoms with van der Waals surface area (Å²) in [4.78, 5) is 11.6. The zero-order valence-electron chi connectivity index (χ0n) is 17.1. The molecule has 2 saturated heterocycles.